The lowest BCUT2D eigenvalue weighted by molar-refractivity contribution is 0.103. The number of benzene rings is 2. The van der Waals surface area contributed by atoms with Gasteiger partial charge in [-0.3, -0.25) is 4.79 Å². The number of nitrogens with one attached hydrogen (secondary N) is 1. The normalized spacial score (nSPS) is 10.8. The van der Waals surface area contributed by atoms with E-state index in [1.807, 2.05) is 55.6 Å². The first-order valence-corrected chi connectivity index (χ1v) is 11.5. The second-order valence-corrected chi connectivity index (χ2v) is 8.36. The number of hydrogen-bond donors (Lipinski definition) is 1. The highest BCUT2D eigenvalue weighted by Gasteiger charge is 2.18. The number of carbonyl (C=O) groups excluding carboxylic acids is 1. The van der Waals surface area contributed by atoms with E-state index in [-0.39, 0.29) is 5.91 Å². The first kappa shape index (κ1) is 21.8. The fourth-order valence-electron chi connectivity index (χ4n) is 3.07. The fraction of sp³-hybridized carbons (Fsp3) is 0.190. The zero-order valence-electron chi connectivity index (χ0n) is 17.8. The molecule has 0 fully saturated rings. The maximum Gasteiger partial charge on any atom is 0.267 e. The molecule has 4 aromatic rings. The lowest BCUT2D eigenvalue weighted by atomic mass is 10.2. The van der Waals surface area contributed by atoms with Gasteiger partial charge < -0.3 is 14.8 Å². The summed E-state index contributed by atoms with van der Waals surface area (Å²) >= 11 is 2.76. The van der Waals surface area contributed by atoms with Gasteiger partial charge in [-0.2, -0.15) is 4.68 Å². The topological polar surface area (TPSA) is 104 Å². The number of aryl methyl sites for hydroxylation is 1. The molecule has 1 amide bonds. The maximum absolute atomic E-state index is 13.0. The van der Waals surface area contributed by atoms with Crippen molar-refractivity contribution in [1.29, 1.82) is 0 Å². The third-order valence-electron chi connectivity index (χ3n) is 4.61. The van der Waals surface area contributed by atoms with Gasteiger partial charge in [0.25, 0.3) is 5.91 Å². The molecule has 0 bridgehead atoms. The molecule has 0 atom stereocenters. The Labute approximate surface area is 192 Å². The van der Waals surface area contributed by atoms with Crippen molar-refractivity contribution in [2.24, 2.45) is 0 Å². The summed E-state index contributed by atoms with van der Waals surface area (Å²) in [6.07, 6.45) is 1.90. The maximum atomic E-state index is 13.0. The summed E-state index contributed by atoms with van der Waals surface area (Å²) in [4.78, 5) is 18.1. The lowest BCUT2D eigenvalue weighted by Crippen LogP contribution is -2.12. The summed E-state index contributed by atoms with van der Waals surface area (Å²) in [6.45, 7) is 1.82. The number of anilines is 1. The Morgan fingerprint density at radius 2 is 1.94 bits per heavy atom. The first-order valence-electron chi connectivity index (χ1n) is 9.48. The van der Waals surface area contributed by atoms with Crippen LogP contribution >= 0.6 is 23.1 Å². The summed E-state index contributed by atoms with van der Waals surface area (Å²) in [5, 5.41) is 16.0. The second kappa shape index (κ2) is 9.37. The van der Waals surface area contributed by atoms with Crippen molar-refractivity contribution in [3.63, 3.8) is 0 Å². The second-order valence-electron chi connectivity index (χ2n) is 6.59. The van der Waals surface area contributed by atoms with Crippen LogP contribution < -0.4 is 14.8 Å². The van der Waals surface area contributed by atoms with E-state index in [9.17, 15) is 4.79 Å². The molecule has 0 saturated carbocycles. The van der Waals surface area contributed by atoms with E-state index in [0.29, 0.717) is 32.9 Å². The molecular weight excluding hydrogens is 448 g/mol. The van der Waals surface area contributed by atoms with Gasteiger partial charge in [0.15, 0.2) is 11.5 Å². The van der Waals surface area contributed by atoms with Crippen LogP contribution in [0.5, 0.6) is 11.5 Å². The van der Waals surface area contributed by atoms with Gasteiger partial charge in [0.2, 0.25) is 5.16 Å². The number of carbonyl (C=O) groups is 1. The predicted octanol–water partition coefficient (Wildman–Crippen LogP) is 4.09. The molecule has 0 aliphatic carbocycles. The first-order chi connectivity index (χ1) is 15.5. The van der Waals surface area contributed by atoms with Gasteiger partial charge in [-0.15, -0.1) is 16.4 Å². The number of rotatable bonds is 7. The van der Waals surface area contributed by atoms with E-state index in [1.54, 1.807) is 18.9 Å². The third-order valence-corrected chi connectivity index (χ3v) is 6.43. The van der Waals surface area contributed by atoms with Crippen LogP contribution in [0.4, 0.5) is 5.69 Å². The minimum Gasteiger partial charge on any atom is -0.493 e. The summed E-state index contributed by atoms with van der Waals surface area (Å²) in [7, 11) is 3.17. The smallest absolute Gasteiger partial charge is 0.267 e. The molecule has 4 rings (SSSR count). The molecule has 0 spiro atoms. The molecule has 9 nitrogen and oxygen atoms in total. The molecule has 0 saturated heterocycles. The molecule has 164 valence electrons. The minimum atomic E-state index is -0.231. The van der Waals surface area contributed by atoms with Crippen molar-refractivity contribution >= 4 is 34.7 Å². The predicted molar refractivity (Wildman–Crippen MR) is 124 cm³/mol. The van der Waals surface area contributed by atoms with Gasteiger partial charge in [-0.1, -0.05) is 17.8 Å². The van der Waals surface area contributed by atoms with E-state index in [4.69, 9.17) is 9.47 Å². The molecular formula is C21H20N6O3S2. The van der Waals surface area contributed by atoms with Crippen molar-refractivity contribution in [2.75, 3.05) is 25.8 Å². The number of tetrazole rings is 1. The molecule has 0 radical (unpaired) electrons. The quantitative estimate of drug-likeness (QED) is 0.405. The highest BCUT2D eigenvalue weighted by atomic mass is 32.2. The Morgan fingerprint density at radius 3 is 2.69 bits per heavy atom. The van der Waals surface area contributed by atoms with Crippen LogP contribution in [-0.2, 0) is 0 Å². The number of methoxy groups -OCH3 is 2. The molecule has 0 aliphatic rings. The number of amides is 1. The Balaban J connectivity index is 1.58. The van der Waals surface area contributed by atoms with Gasteiger partial charge >= 0.3 is 0 Å². The van der Waals surface area contributed by atoms with E-state index < -0.39 is 0 Å². The van der Waals surface area contributed by atoms with Crippen molar-refractivity contribution in [3.05, 3.63) is 53.0 Å². The number of hydrogen-bond acceptors (Lipinski definition) is 9. The van der Waals surface area contributed by atoms with E-state index >= 15 is 0 Å². The van der Waals surface area contributed by atoms with Crippen molar-refractivity contribution < 1.29 is 14.3 Å². The van der Waals surface area contributed by atoms with Crippen molar-refractivity contribution in [3.8, 4) is 27.8 Å². The van der Waals surface area contributed by atoms with Crippen LogP contribution in [0.25, 0.3) is 16.3 Å². The SMILES string of the molecule is COc1ccc(-c2nc(C)c(C(=O)Nc3cccc(-n4nnnc4SC)c3)s2)cc1OC. The Morgan fingerprint density at radius 1 is 1.12 bits per heavy atom. The number of thiazole rings is 1. The molecule has 11 heteroatoms. The van der Waals surface area contributed by atoms with Crippen LogP contribution in [0.1, 0.15) is 15.4 Å². The summed E-state index contributed by atoms with van der Waals surface area (Å²) < 4.78 is 12.3. The Bertz CT molecular complexity index is 1270. The van der Waals surface area contributed by atoms with E-state index in [1.165, 1.54) is 23.1 Å². The van der Waals surface area contributed by atoms with Crippen LogP contribution in [0.2, 0.25) is 0 Å². The highest BCUT2D eigenvalue weighted by molar-refractivity contribution is 7.98. The zero-order valence-corrected chi connectivity index (χ0v) is 19.5. The number of aromatic nitrogens is 5. The summed E-state index contributed by atoms with van der Waals surface area (Å²) in [5.74, 6) is 1.01. The van der Waals surface area contributed by atoms with E-state index in [0.717, 1.165) is 16.3 Å². The fourth-order valence-corrected chi connectivity index (χ4v) is 4.46. The standard InChI is InChI=1S/C21H20N6O3S2/c1-12-18(32-20(22-12)13-8-9-16(29-2)17(10-13)30-3)19(28)23-14-6-5-7-15(11-14)27-21(31-4)24-25-26-27/h5-11H,1-4H3,(H,23,28). The van der Waals surface area contributed by atoms with Gasteiger partial charge in [-0.05, 0) is 60.0 Å². The minimum absolute atomic E-state index is 0.231. The Hall–Kier alpha value is -3.44. The van der Waals surface area contributed by atoms with Crippen LogP contribution in [0.15, 0.2) is 47.6 Å². The molecule has 1 N–H and O–H groups in total. The Kier molecular flexibility index (Phi) is 6.37. The molecule has 0 aliphatic heterocycles. The van der Waals surface area contributed by atoms with Crippen molar-refractivity contribution in [2.45, 2.75) is 12.1 Å². The number of nitrogens with zero attached hydrogens (tertiary/aromatic N) is 5. The largest absolute Gasteiger partial charge is 0.493 e. The highest BCUT2D eigenvalue weighted by Crippen LogP contribution is 2.35. The monoisotopic (exact) mass is 468 g/mol. The molecule has 2 aromatic carbocycles. The zero-order chi connectivity index (χ0) is 22.7. The van der Waals surface area contributed by atoms with Crippen LogP contribution in [0.3, 0.4) is 0 Å². The number of thioether (sulfide) groups is 1. The van der Waals surface area contributed by atoms with Crippen LogP contribution in [0, 0.1) is 6.92 Å². The summed E-state index contributed by atoms with van der Waals surface area (Å²) in [6, 6.07) is 12.9. The number of ether oxygens (including phenoxy) is 2. The molecule has 2 heterocycles. The van der Waals surface area contributed by atoms with Gasteiger partial charge in [0.05, 0.1) is 25.6 Å². The molecule has 2 aromatic heterocycles. The summed E-state index contributed by atoms with van der Waals surface area (Å²) in [5.41, 5.74) is 2.89. The van der Waals surface area contributed by atoms with E-state index in [2.05, 4.69) is 25.8 Å². The third kappa shape index (κ3) is 4.30. The average molecular weight is 469 g/mol. The van der Waals surface area contributed by atoms with Gasteiger partial charge in [-0.25, -0.2) is 4.98 Å². The van der Waals surface area contributed by atoms with Gasteiger partial charge in [0, 0.05) is 11.3 Å². The molecule has 0 unspecified atom stereocenters. The molecule has 32 heavy (non-hydrogen) atoms. The average Bonchev–Trinajstić information content (AvgIpc) is 3.45. The van der Waals surface area contributed by atoms with Gasteiger partial charge in [0.1, 0.15) is 9.88 Å². The van der Waals surface area contributed by atoms with Crippen molar-refractivity contribution in [1.82, 2.24) is 25.2 Å². The van der Waals surface area contributed by atoms with Crippen LogP contribution in [-0.4, -0.2) is 51.6 Å². The lowest BCUT2D eigenvalue weighted by Gasteiger charge is -2.08.